The number of nitrogens with zero attached hydrogens (tertiary/aromatic N) is 1. The highest BCUT2D eigenvalue weighted by molar-refractivity contribution is 5.61. The number of oxazole rings is 1. The lowest BCUT2D eigenvalue weighted by Crippen LogP contribution is -2.04. The topological polar surface area (TPSA) is 26.0 Å². The van der Waals surface area contributed by atoms with Crippen LogP contribution >= 0.6 is 0 Å². The molecule has 0 amide bonds. The SMILES string of the molecule is FC(F)(F)c1cccc(-c2cnc(-c3ccccc3)o2)c1. The van der Waals surface area contributed by atoms with E-state index in [0.717, 1.165) is 17.7 Å². The highest BCUT2D eigenvalue weighted by Gasteiger charge is 2.30. The Morgan fingerprint density at radius 3 is 2.29 bits per heavy atom. The summed E-state index contributed by atoms with van der Waals surface area (Å²) in [5.74, 6) is 0.683. The normalized spacial score (nSPS) is 11.6. The van der Waals surface area contributed by atoms with E-state index >= 15 is 0 Å². The molecule has 0 unspecified atom stereocenters. The second-order valence-electron chi connectivity index (χ2n) is 4.47. The zero-order chi connectivity index (χ0) is 14.9. The molecule has 1 heterocycles. The summed E-state index contributed by atoms with van der Waals surface area (Å²) < 4.78 is 43.7. The summed E-state index contributed by atoms with van der Waals surface area (Å²) in [5, 5.41) is 0. The summed E-state index contributed by atoms with van der Waals surface area (Å²) in [7, 11) is 0. The molecular formula is C16H10F3NO. The molecule has 21 heavy (non-hydrogen) atoms. The van der Waals surface area contributed by atoms with Crippen molar-refractivity contribution in [1.82, 2.24) is 4.98 Å². The van der Waals surface area contributed by atoms with Gasteiger partial charge in [-0.3, -0.25) is 0 Å². The first kappa shape index (κ1) is 13.4. The Balaban J connectivity index is 1.97. The second-order valence-corrected chi connectivity index (χ2v) is 4.47. The van der Waals surface area contributed by atoms with Crippen molar-refractivity contribution < 1.29 is 17.6 Å². The maximum absolute atomic E-state index is 12.7. The highest BCUT2D eigenvalue weighted by Crippen LogP contribution is 2.33. The van der Waals surface area contributed by atoms with Crippen molar-refractivity contribution in [3.63, 3.8) is 0 Å². The van der Waals surface area contributed by atoms with Gasteiger partial charge in [0, 0.05) is 11.1 Å². The first-order valence-corrected chi connectivity index (χ1v) is 6.23. The third-order valence-electron chi connectivity index (χ3n) is 3.00. The van der Waals surface area contributed by atoms with Crippen molar-refractivity contribution in [2.75, 3.05) is 0 Å². The number of aromatic nitrogens is 1. The Morgan fingerprint density at radius 2 is 1.57 bits per heavy atom. The van der Waals surface area contributed by atoms with Gasteiger partial charge >= 0.3 is 6.18 Å². The minimum absolute atomic E-state index is 0.306. The van der Waals surface area contributed by atoms with Crippen molar-refractivity contribution in [3.05, 3.63) is 66.4 Å². The number of halogens is 3. The summed E-state index contributed by atoms with van der Waals surface area (Å²) in [4.78, 5) is 4.11. The molecule has 0 fully saturated rings. The molecule has 3 aromatic rings. The van der Waals surface area contributed by atoms with Crippen molar-refractivity contribution >= 4 is 0 Å². The van der Waals surface area contributed by atoms with Gasteiger partial charge in [-0.2, -0.15) is 13.2 Å². The van der Waals surface area contributed by atoms with E-state index in [1.54, 1.807) is 6.07 Å². The van der Waals surface area contributed by atoms with E-state index in [-0.39, 0.29) is 0 Å². The van der Waals surface area contributed by atoms with Crippen LogP contribution in [0.1, 0.15) is 5.56 Å². The quantitative estimate of drug-likeness (QED) is 0.661. The maximum atomic E-state index is 12.7. The van der Waals surface area contributed by atoms with Crippen LogP contribution in [-0.4, -0.2) is 4.98 Å². The summed E-state index contributed by atoms with van der Waals surface area (Å²) in [6.07, 6.45) is -2.95. The number of benzene rings is 2. The third-order valence-corrected chi connectivity index (χ3v) is 3.00. The Kier molecular flexibility index (Phi) is 3.25. The first-order chi connectivity index (χ1) is 10.0. The van der Waals surface area contributed by atoms with Crippen molar-refractivity contribution in [1.29, 1.82) is 0 Å². The number of hydrogen-bond acceptors (Lipinski definition) is 2. The Morgan fingerprint density at radius 1 is 0.857 bits per heavy atom. The van der Waals surface area contributed by atoms with Gasteiger partial charge in [0.2, 0.25) is 5.89 Å². The molecule has 106 valence electrons. The molecule has 0 spiro atoms. The Bertz CT molecular complexity index is 747. The van der Waals surface area contributed by atoms with E-state index in [1.807, 2.05) is 30.3 Å². The van der Waals surface area contributed by atoms with E-state index in [2.05, 4.69) is 4.98 Å². The fourth-order valence-corrected chi connectivity index (χ4v) is 1.97. The van der Waals surface area contributed by atoms with Crippen LogP contribution in [0.25, 0.3) is 22.8 Å². The van der Waals surface area contributed by atoms with Crippen molar-refractivity contribution in [3.8, 4) is 22.8 Å². The molecular weight excluding hydrogens is 279 g/mol. The van der Waals surface area contributed by atoms with E-state index in [0.29, 0.717) is 17.2 Å². The molecule has 3 rings (SSSR count). The standard InChI is InChI=1S/C16H10F3NO/c17-16(18,19)13-8-4-7-12(9-13)14-10-20-15(21-14)11-5-2-1-3-6-11/h1-10H. The zero-order valence-corrected chi connectivity index (χ0v) is 10.8. The molecule has 0 aliphatic heterocycles. The average molecular weight is 289 g/mol. The lowest BCUT2D eigenvalue weighted by atomic mass is 10.1. The predicted octanol–water partition coefficient (Wildman–Crippen LogP) is 5.03. The van der Waals surface area contributed by atoms with Crippen LogP contribution in [0.5, 0.6) is 0 Å². The highest BCUT2D eigenvalue weighted by atomic mass is 19.4. The Hall–Kier alpha value is -2.56. The molecule has 0 bridgehead atoms. The van der Waals surface area contributed by atoms with E-state index < -0.39 is 11.7 Å². The van der Waals surface area contributed by atoms with Gasteiger partial charge in [0.05, 0.1) is 11.8 Å². The minimum Gasteiger partial charge on any atom is -0.436 e. The molecule has 0 radical (unpaired) electrons. The summed E-state index contributed by atoms with van der Waals surface area (Å²) in [6.45, 7) is 0. The van der Waals surface area contributed by atoms with Crippen molar-refractivity contribution in [2.45, 2.75) is 6.18 Å². The monoisotopic (exact) mass is 289 g/mol. The molecule has 0 aliphatic carbocycles. The lowest BCUT2D eigenvalue weighted by Gasteiger charge is -2.07. The van der Waals surface area contributed by atoms with Crippen LogP contribution < -0.4 is 0 Å². The van der Waals surface area contributed by atoms with E-state index in [1.165, 1.54) is 12.3 Å². The van der Waals surface area contributed by atoms with Gasteiger partial charge in [0.15, 0.2) is 5.76 Å². The lowest BCUT2D eigenvalue weighted by molar-refractivity contribution is -0.137. The van der Waals surface area contributed by atoms with Gasteiger partial charge in [-0.15, -0.1) is 0 Å². The maximum Gasteiger partial charge on any atom is 0.416 e. The zero-order valence-electron chi connectivity index (χ0n) is 10.8. The molecule has 2 nitrogen and oxygen atoms in total. The van der Waals surface area contributed by atoms with Crippen molar-refractivity contribution in [2.24, 2.45) is 0 Å². The van der Waals surface area contributed by atoms with Crippen LogP contribution in [0.15, 0.2) is 65.2 Å². The molecule has 2 aromatic carbocycles. The van der Waals surface area contributed by atoms with Crippen LogP contribution in [0.2, 0.25) is 0 Å². The van der Waals surface area contributed by atoms with Gasteiger partial charge in [-0.05, 0) is 24.3 Å². The molecule has 0 N–H and O–H groups in total. The van der Waals surface area contributed by atoms with Crippen LogP contribution in [0.3, 0.4) is 0 Å². The number of alkyl halides is 3. The predicted molar refractivity (Wildman–Crippen MR) is 72.4 cm³/mol. The average Bonchev–Trinajstić information content (AvgIpc) is 2.97. The fourth-order valence-electron chi connectivity index (χ4n) is 1.97. The third kappa shape index (κ3) is 2.81. The van der Waals surface area contributed by atoms with E-state index in [4.69, 9.17) is 4.42 Å². The molecule has 0 atom stereocenters. The minimum atomic E-state index is -4.38. The largest absolute Gasteiger partial charge is 0.436 e. The summed E-state index contributed by atoms with van der Waals surface area (Å²) in [6, 6.07) is 14.2. The number of hydrogen-bond donors (Lipinski definition) is 0. The second kappa shape index (κ2) is 5.09. The number of rotatable bonds is 2. The van der Waals surface area contributed by atoms with Gasteiger partial charge in [0.1, 0.15) is 0 Å². The molecule has 1 aromatic heterocycles. The molecule has 5 heteroatoms. The van der Waals surface area contributed by atoms with Crippen LogP contribution in [0, 0.1) is 0 Å². The first-order valence-electron chi connectivity index (χ1n) is 6.23. The summed E-state index contributed by atoms with van der Waals surface area (Å²) in [5.41, 5.74) is 0.410. The van der Waals surface area contributed by atoms with Crippen LogP contribution in [-0.2, 0) is 6.18 Å². The van der Waals surface area contributed by atoms with Gasteiger partial charge in [-0.1, -0.05) is 30.3 Å². The van der Waals surface area contributed by atoms with Gasteiger partial charge in [0.25, 0.3) is 0 Å². The molecule has 0 saturated heterocycles. The Labute approximate surface area is 118 Å². The fraction of sp³-hybridized carbons (Fsp3) is 0.0625. The van der Waals surface area contributed by atoms with Gasteiger partial charge < -0.3 is 4.42 Å². The van der Waals surface area contributed by atoms with E-state index in [9.17, 15) is 13.2 Å². The molecule has 0 aliphatic rings. The smallest absolute Gasteiger partial charge is 0.416 e. The summed E-state index contributed by atoms with van der Waals surface area (Å²) >= 11 is 0. The molecule has 0 saturated carbocycles. The van der Waals surface area contributed by atoms with Gasteiger partial charge in [-0.25, -0.2) is 4.98 Å². The van der Waals surface area contributed by atoms with Crippen LogP contribution in [0.4, 0.5) is 13.2 Å².